The minimum absolute atomic E-state index is 0.318. The van der Waals surface area contributed by atoms with Crippen LogP contribution >= 0.6 is 0 Å². The fourth-order valence-electron chi connectivity index (χ4n) is 2.00. The van der Waals surface area contributed by atoms with Crippen molar-refractivity contribution in [3.05, 3.63) is 42.3 Å². The summed E-state index contributed by atoms with van der Waals surface area (Å²) in [6, 6.07) is 7.93. The van der Waals surface area contributed by atoms with Crippen LogP contribution in [0, 0.1) is 0 Å². The van der Waals surface area contributed by atoms with Crippen LogP contribution < -0.4 is 10.6 Å². The quantitative estimate of drug-likeness (QED) is 0.542. The van der Waals surface area contributed by atoms with Crippen LogP contribution in [-0.2, 0) is 16.0 Å². The van der Waals surface area contributed by atoms with E-state index in [2.05, 4.69) is 32.1 Å². The van der Waals surface area contributed by atoms with Crippen molar-refractivity contribution in [2.24, 2.45) is 0 Å². The molecule has 0 aliphatic carbocycles. The van der Waals surface area contributed by atoms with Gasteiger partial charge in [0, 0.05) is 24.7 Å². The summed E-state index contributed by atoms with van der Waals surface area (Å²) < 4.78 is 9.79. The number of carbonyl (C=O) groups excluding carboxylic acids is 1. The monoisotopic (exact) mass is 374 g/mol. The molecule has 2 N–H and O–H groups in total. The zero-order chi connectivity index (χ0) is 20.3. The number of carbonyl (C=O) groups is 1. The molecule has 0 fully saturated rings. The molecule has 0 radical (unpaired) electrons. The Hall–Kier alpha value is -2.67. The van der Waals surface area contributed by atoms with Gasteiger partial charge in [-0.3, -0.25) is 4.79 Å². The van der Waals surface area contributed by atoms with Gasteiger partial charge in [-0.1, -0.05) is 36.0 Å². The standard InChI is InChI=1S/C15H20N4O.C5H10O2/c1-11(17-3)12-6-8-13(9-7-12)15-18-14(20-19-15)5-4-10-16-2;1-5(2,3)7-4-6/h6-9,16-17H,1,4-5,10H2,2-3H3;4H,1-3H3. The van der Waals surface area contributed by atoms with E-state index in [1.165, 1.54) is 0 Å². The first-order valence-electron chi connectivity index (χ1n) is 8.87. The van der Waals surface area contributed by atoms with Crippen molar-refractivity contribution in [1.82, 2.24) is 20.8 Å². The van der Waals surface area contributed by atoms with Crippen molar-refractivity contribution < 1.29 is 14.1 Å². The van der Waals surface area contributed by atoms with Crippen molar-refractivity contribution in [2.45, 2.75) is 39.2 Å². The summed E-state index contributed by atoms with van der Waals surface area (Å²) >= 11 is 0. The Morgan fingerprint density at radius 1 is 1.26 bits per heavy atom. The van der Waals surface area contributed by atoms with Crippen molar-refractivity contribution >= 4 is 12.2 Å². The first kappa shape index (κ1) is 22.4. The number of rotatable bonds is 8. The average molecular weight is 374 g/mol. The largest absolute Gasteiger partial charge is 0.462 e. The van der Waals surface area contributed by atoms with Crippen LogP contribution in [-0.4, -0.2) is 42.9 Å². The molecular formula is C20H30N4O3. The molecule has 0 amide bonds. The van der Waals surface area contributed by atoms with E-state index in [-0.39, 0.29) is 5.60 Å². The molecule has 1 aromatic carbocycles. The highest BCUT2D eigenvalue weighted by atomic mass is 16.5. The Labute approximate surface area is 161 Å². The summed E-state index contributed by atoms with van der Waals surface area (Å²) in [5.41, 5.74) is 2.56. The van der Waals surface area contributed by atoms with E-state index >= 15 is 0 Å². The van der Waals surface area contributed by atoms with Crippen molar-refractivity contribution in [3.8, 4) is 11.4 Å². The second-order valence-electron chi connectivity index (χ2n) is 6.85. The molecule has 27 heavy (non-hydrogen) atoms. The van der Waals surface area contributed by atoms with Gasteiger partial charge in [-0.05, 0) is 46.3 Å². The van der Waals surface area contributed by atoms with Crippen molar-refractivity contribution in [2.75, 3.05) is 20.6 Å². The molecule has 1 aromatic heterocycles. The fourth-order valence-corrected chi connectivity index (χ4v) is 2.00. The first-order valence-corrected chi connectivity index (χ1v) is 8.87. The minimum atomic E-state index is -0.318. The number of ether oxygens (including phenoxy) is 1. The van der Waals surface area contributed by atoms with Crippen molar-refractivity contribution in [3.63, 3.8) is 0 Å². The molecular weight excluding hydrogens is 344 g/mol. The van der Waals surface area contributed by atoms with E-state index < -0.39 is 0 Å². The molecule has 0 saturated heterocycles. The highest BCUT2D eigenvalue weighted by molar-refractivity contribution is 5.65. The molecule has 2 rings (SSSR count). The van der Waals surface area contributed by atoms with E-state index in [0.717, 1.165) is 36.2 Å². The number of aryl methyl sites for hydroxylation is 1. The number of nitrogens with zero attached hydrogens (tertiary/aromatic N) is 2. The fraction of sp³-hybridized carbons (Fsp3) is 0.450. The summed E-state index contributed by atoms with van der Waals surface area (Å²) in [6.07, 6.45) is 1.78. The van der Waals surface area contributed by atoms with E-state index in [9.17, 15) is 4.79 Å². The van der Waals surface area contributed by atoms with Gasteiger partial charge in [0.25, 0.3) is 6.47 Å². The second kappa shape index (κ2) is 11.1. The predicted molar refractivity (Wildman–Crippen MR) is 107 cm³/mol. The average Bonchev–Trinajstić information content (AvgIpc) is 3.10. The lowest BCUT2D eigenvalue weighted by molar-refractivity contribution is -0.138. The number of hydrogen-bond acceptors (Lipinski definition) is 7. The molecule has 7 heteroatoms. The summed E-state index contributed by atoms with van der Waals surface area (Å²) in [7, 11) is 3.78. The van der Waals surface area contributed by atoms with Gasteiger partial charge in [0.15, 0.2) is 0 Å². The van der Waals surface area contributed by atoms with Gasteiger partial charge in [0.05, 0.1) is 0 Å². The predicted octanol–water partition coefficient (Wildman–Crippen LogP) is 3.04. The highest BCUT2D eigenvalue weighted by Gasteiger charge is 2.09. The minimum Gasteiger partial charge on any atom is -0.462 e. The maximum Gasteiger partial charge on any atom is 0.293 e. The van der Waals surface area contributed by atoms with Crippen LogP contribution in [0.15, 0.2) is 35.4 Å². The topological polar surface area (TPSA) is 89.3 Å². The molecule has 0 unspecified atom stereocenters. The van der Waals surface area contributed by atoms with Gasteiger partial charge in [0.1, 0.15) is 5.60 Å². The third-order valence-electron chi connectivity index (χ3n) is 3.48. The molecule has 0 aliphatic heterocycles. The summed E-state index contributed by atoms with van der Waals surface area (Å²) in [5, 5.41) is 10.1. The first-order chi connectivity index (χ1) is 12.8. The third kappa shape index (κ3) is 8.50. The van der Waals surface area contributed by atoms with Crippen LogP contribution in [0.4, 0.5) is 0 Å². The number of hydrogen-bond donors (Lipinski definition) is 2. The lowest BCUT2D eigenvalue weighted by atomic mass is 10.1. The van der Waals surface area contributed by atoms with Gasteiger partial charge in [-0.15, -0.1) is 0 Å². The van der Waals surface area contributed by atoms with Crippen molar-refractivity contribution in [1.29, 1.82) is 0 Å². The van der Waals surface area contributed by atoms with E-state index in [4.69, 9.17) is 4.52 Å². The molecule has 7 nitrogen and oxygen atoms in total. The van der Waals surface area contributed by atoms with Crippen LogP contribution in [0.1, 0.15) is 38.6 Å². The Balaban J connectivity index is 0.000000445. The Bertz CT molecular complexity index is 703. The zero-order valence-electron chi connectivity index (χ0n) is 16.8. The summed E-state index contributed by atoms with van der Waals surface area (Å²) in [5.74, 6) is 1.31. The molecule has 148 valence electrons. The van der Waals surface area contributed by atoms with Gasteiger partial charge < -0.3 is 19.9 Å². The summed E-state index contributed by atoms with van der Waals surface area (Å²) in [4.78, 5) is 14.0. The SMILES string of the molecule is C=C(NC)c1ccc(-c2noc(CCCNC)n2)cc1.CC(C)(C)OC=O. The van der Waals surface area contributed by atoms with Crippen LogP contribution in [0.3, 0.4) is 0 Å². The summed E-state index contributed by atoms with van der Waals surface area (Å²) in [6.45, 7) is 10.8. The molecule has 0 bridgehead atoms. The van der Waals surface area contributed by atoms with E-state index in [1.807, 2.05) is 59.1 Å². The van der Waals surface area contributed by atoms with Gasteiger partial charge >= 0.3 is 0 Å². The lowest BCUT2D eigenvalue weighted by Crippen LogP contribution is -2.17. The smallest absolute Gasteiger partial charge is 0.293 e. The number of nitrogens with one attached hydrogen (secondary N) is 2. The molecule has 0 saturated carbocycles. The van der Waals surface area contributed by atoms with Crippen LogP contribution in [0.5, 0.6) is 0 Å². The maximum atomic E-state index is 9.60. The molecule has 1 heterocycles. The normalized spacial score (nSPS) is 10.6. The van der Waals surface area contributed by atoms with Gasteiger partial charge in [-0.25, -0.2) is 0 Å². The van der Waals surface area contributed by atoms with Crippen LogP contribution in [0.2, 0.25) is 0 Å². The van der Waals surface area contributed by atoms with E-state index in [1.54, 1.807) is 0 Å². The lowest BCUT2D eigenvalue weighted by Gasteiger charge is -2.14. The Morgan fingerprint density at radius 3 is 2.41 bits per heavy atom. The maximum absolute atomic E-state index is 9.60. The Morgan fingerprint density at radius 2 is 1.93 bits per heavy atom. The molecule has 0 atom stereocenters. The molecule has 0 spiro atoms. The second-order valence-corrected chi connectivity index (χ2v) is 6.85. The zero-order valence-corrected chi connectivity index (χ0v) is 16.8. The number of benzene rings is 1. The van der Waals surface area contributed by atoms with Gasteiger partial charge in [0.2, 0.25) is 11.7 Å². The molecule has 2 aromatic rings. The third-order valence-corrected chi connectivity index (χ3v) is 3.48. The van der Waals surface area contributed by atoms with Gasteiger partial charge in [-0.2, -0.15) is 4.98 Å². The highest BCUT2D eigenvalue weighted by Crippen LogP contribution is 2.19. The Kier molecular flexibility index (Phi) is 9.22. The van der Waals surface area contributed by atoms with E-state index in [0.29, 0.717) is 18.2 Å². The van der Waals surface area contributed by atoms with Crippen LogP contribution in [0.25, 0.3) is 17.1 Å². The molecule has 0 aliphatic rings. The number of aromatic nitrogens is 2.